The fraction of sp³-hybridized carbons (Fsp3) is 0.750. The molecule has 3 heteroatoms. The predicted molar refractivity (Wildman–Crippen MR) is 62.5 cm³/mol. The number of thiol groups is 1. The van der Waals surface area contributed by atoms with Gasteiger partial charge in [0.15, 0.2) is 0 Å². The van der Waals surface area contributed by atoms with Crippen LogP contribution in [0.25, 0.3) is 0 Å². The van der Waals surface area contributed by atoms with E-state index in [1.165, 1.54) is 4.24 Å². The lowest BCUT2D eigenvalue weighted by molar-refractivity contribution is 0.807. The zero-order valence-corrected chi connectivity index (χ0v) is 10.3. The summed E-state index contributed by atoms with van der Waals surface area (Å²) < 4.78 is 1.61. The topological polar surface area (TPSA) is 0 Å². The van der Waals surface area contributed by atoms with Crippen LogP contribution in [-0.4, -0.2) is 11.0 Å². The second-order valence-electron chi connectivity index (χ2n) is 3.29. The molecule has 0 atom stereocenters. The Hall–Kier alpha value is 0.790. The van der Waals surface area contributed by atoms with Crippen molar-refractivity contribution in [2.24, 2.45) is 0 Å². The van der Waals surface area contributed by atoms with E-state index in [9.17, 15) is 0 Å². The molecule has 0 aliphatic heterocycles. The maximum absolute atomic E-state index is 4.32. The third kappa shape index (κ3) is 6.00. The molecule has 11 heavy (non-hydrogen) atoms. The lowest BCUT2D eigenvalue weighted by atomic mass is 10.3. The van der Waals surface area contributed by atoms with Crippen molar-refractivity contribution in [3.8, 4) is 0 Å². The molecule has 0 aromatic rings. The first kappa shape index (κ1) is 11.8. The van der Waals surface area contributed by atoms with Gasteiger partial charge in [0.25, 0.3) is 0 Å². The van der Waals surface area contributed by atoms with Gasteiger partial charge < -0.3 is 0 Å². The van der Waals surface area contributed by atoms with Crippen LogP contribution in [0.3, 0.4) is 0 Å². The van der Waals surface area contributed by atoms with E-state index >= 15 is 0 Å². The van der Waals surface area contributed by atoms with Gasteiger partial charge in [0.2, 0.25) is 0 Å². The molecule has 0 saturated heterocycles. The number of thioether (sulfide) groups is 2. The normalized spacial score (nSPS) is 14.7. The molecule has 0 saturated carbocycles. The monoisotopic (exact) mass is 208 g/mol. The Morgan fingerprint density at radius 1 is 1.27 bits per heavy atom. The van der Waals surface area contributed by atoms with E-state index in [0.717, 1.165) is 4.91 Å². The minimum absolute atomic E-state index is 0.294. The highest BCUT2D eigenvalue weighted by atomic mass is 32.2. The van der Waals surface area contributed by atoms with Crippen molar-refractivity contribution < 1.29 is 0 Å². The van der Waals surface area contributed by atoms with Gasteiger partial charge in [0.1, 0.15) is 0 Å². The van der Waals surface area contributed by atoms with Crippen molar-refractivity contribution in [2.75, 3.05) is 6.26 Å². The Labute approximate surface area is 84.0 Å². The second-order valence-corrected chi connectivity index (χ2v) is 6.87. The minimum atomic E-state index is 0.294. The average Bonchev–Trinajstić information content (AvgIpc) is 1.80. The molecule has 0 nitrogen and oxygen atoms in total. The van der Waals surface area contributed by atoms with Gasteiger partial charge in [-0.1, -0.05) is 20.8 Å². The Bertz CT molecular complexity index is 149. The molecule has 0 aliphatic carbocycles. The molecule has 0 spiro atoms. The molecule has 0 amide bonds. The van der Waals surface area contributed by atoms with Crippen molar-refractivity contribution in [3.05, 3.63) is 9.14 Å². The largest absolute Gasteiger partial charge is 0.146 e. The van der Waals surface area contributed by atoms with Gasteiger partial charge in [-0.15, -0.1) is 36.2 Å². The smallest absolute Gasteiger partial charge is 0.0493 e. The maximum Gasteiger partial charge on any atom is 0.0493 e. The summed E-state index contributed by atoms with van der Waals surface area (Å²) in [4.78, 5) is 1.12. The highest BCUT2D eigenvalue weighted by molar-refractivity contribution is 8.23. The molecule has 0 aliphatic rings. The number of hydrogen-bond acceptors (Lipinski definition) is 3. The van der Waals surface area contributed by atoms with Crippen molar-refractivity contribution in [2.45, 2.75) is 32.4 Å². The van der Waals surface area contributed by atoms with Crippen molar-refractivity contribution >= 4 is 36.2 Å². The summed E-state index contributed by atoms with van der Waals surface area (Å²) in [6.07, 6.45) is 2.09. The summed E-state index contributed by atoms with van der Waals surface area (Å²) in [6.45, 7) is 8.67. The van der Waals surface area contributed by atoms with Crippen LogP contribution in [0.4, 0.5) is 0 Å². The molecule has 0 aromatic heterocycles. The predicted octanol–water partition coefficient (Wildman–Crippen LogP) is 4.00. The van der Waals surface area contributed by atoms with Crippen LogP contribution in [0, 0.1) is 0 Å². The third-order valence-corrected chi connectivity index (χ3v) is 3.94. The second kappa shape index (κ2) is 4.73. The third-order valence-electron chi connectivity index (χ3n) is 0.880. The molecule has 0 heterocycles. The van der Waals surface area contributed by atoms with E-state index in [2.05, 4.69) is 39.7 Å². The van der Waals surface area contributed by atoms with Crippen LogP contribution in [0.2, 0.25) is 0 Å². The van der Waals surface area contributed by atoms with Crippen LogP contribution in [0.15, 0.2) is 9.14 Å². The summed E-state index contributed by atoms with van der Waals surface area (Å²) in [7, 11) is 0. The first-order chi connectivity index (χ1) is 4.87. The molecule has 0 unspecified atom stereocenters. The van der Waals surface area contributed by atoms with Crippen LogP contribution in [0.5, 0.6) is 0 Å². The molecule has 0 radical (unpaired) electrons. The molecule has 0 rings (SSSR count). The zero-order chi connectivity index (χ0) is 9.07. The lowest BCUT2D eigenvalue weighted by Crippen LogP contribution is -2.06. The van der Waals surface area contributed by atoms with E-state index in [1.54, 1.807) is 11.8 Å². The zero-order valence-electron chi connectivity index (χ0n) is 7.76. The number of allylic oxidation sites excluding steroid dienone is 1. The van der Waals surface area contributed by atoms with E-state index in [1.807, 2.05) is 18.7 Å². The molecular weight excluding hydrogens is 192 g/mol. The number of rotatable bonds is 2. The van der Waals surface area contributed by atoms with Crippen LogP contribution < -0.4 is 0 Å². The first-order valence-electron chi connectivity index (χ1n) is 3.49. The summed E-state index contributed by atoms with van der Waals surface area (Å²) >= 11 is 7.97. The van der Waals surface area contributed by atoms with Gasteiger partial charge in [-0.3, -0.25) is 0 Å². The molecule has 0 fully saturated rings. The highest BCUT2D eigenvalue weighted by Crippen LogP contribution is 2.39. The number of hydrogen-bond donors (Lipinski definition) is 1. The van der Waals surface area contributed by atoms with Crippen LogP contribution in [-0.2, 0) is 0 Å². The maximum atomic E-state index is 4.32. The Morgan fingerprint density at radius 2 is 1.73 bits per heavy atom. The quantitative estimate of drug-likeness (QED) is 0.681. The molecule has 66 valence electrons. The van der Waals surface area contributed by atoms with E-state index < -0.39 is 0 Å². The minimum Gasteiger partial charge on any atom is -0.146 e. The van der Waals surface area contributed by atoms with E-state index in [4.69, 9.17) is 0 Å². The van der Waals surface area contributed by atoms with Crippen LogP contribution >= 0.6 is 36.2 Å². The molecular formula is C8H16S3. The van der Waals surface area contributed by atoms with Gasteiger partial charge in [0.05, 0.1) is 0 Å². The Balaban J connectivity index is 4.23. The summed E-state index contributed by atoms with van der Waals surface area (Å²) in [5.74, 6) is 0. The summed E-state index contributed by atoms with van der Waals surface area (Å²) in [5.41, 5.74) is 0. The van der Waals surface area contributed by atoms with Gasteiger partial charge >= 0.3 is 0 Å². The summed E-state index contributed by atoms with van der Waals surface area (Å²) in [6, 6.07) is 0. The van der Waals surface area contributed by atoms with Gasteiger partial charge in [-0.2, -0.15) is 0 Å². The van der Waals surface area contributed by atoms with E-state index in [0.29, 0.717) is 4.75 Å². The van der Waals surface area contributed by atoms with E-state index in [-0.39, 0.29) is 0 Å². The van der Waals surface area contributed by atoms with Crippen molar-refractivity contribution in [1.82, 2.24) is 0 Å². The lowest BCUT2D eigenvalue weighted by Gasteiger charge is -2.19. The standard InChI is InChI=1S/C8H16S3/c1-6(9)7(10-5)11-8(2,3)4/h9H,1-5H3/b7-6+. The molecule has 0 N–H and O–H groups in total. The van der Waals surface area contributed by atoms with Gasteiger partial charge in [0, 0.05) is 8.98 Å². The summed E-state index contributed by atoms with van der Waals surface area (Å²) in [5, 5.41) is 0. The SMILES string of the molecule is CS/C(SC(C)(C)C)=C(/C)S. The fourth-order valence-corrected chi connectivity index (χ4v) is 3.03. The molecule has 0 bridgehead atoms. The Morgan fingerprint density at radius 3 is 1.82 bits per heavy atom. The fourth-order valence-electron chi connectivity index (χ4n) is 0.541. The molecule has 0 aromatic carbocycles. The van der Waals surface area contributed by atoms with Crippen LogP contribution in [0.1, 0.15) is 27.7 Å². The van der Waals surface area contributed by atoms with Gasteiger partial charge in [-0.05, 0) is 18.1 Å². The van der Waals surface area contributed by atoms with Gasteiger partial charge in [-0.25, -0.2) is 0 Å². The highest BCUT2D eigenvalue weighted by Gasteiger charge is 2.14. The average molecular weight is 208 g/mol. The first-order valence-corrected chi connectivity index (χ1v) is 5.98. The van der Waals surface area contributed by atoms with Crippen molar-refractivity contribution in [3.63, 3.8) is 0 Å². The van der Waals surface area contributed by atoms with Crippen molar-refractivity contribution in [1.29, 1.82) is 0 Å². The Kier molecular flexibility index (Phi) is 5.07.